The molecule has 20 heavy (non-hydrogen) atoms. The van der Waals surface area contributed by atoms with Gasteiger partial charge in [0.15, 0.2) is 0 Å². The number of carbonyl (C=O) groups is 1. The van der Waals surface area contributed by atoms with Crippen LogP contribution in [0.25, 0.3) is 0 Å². The van der Waals surface area contributed by atoms with Crippen molar-refractivity contribution in [3.8, 4) is 11.5 Å². The predicted molar refractivity (Wildman–Crippen MR) is 77.4 cm³/mol. The van der Waals surface area contributed by atoms with E-state index in [1.807, 2.05) is 0 Å². The summed E-state index contributed by atoms with van der Waals surface area (Å²) in [5.74, 6) is 0.848. The third-order valence-corrected chi connectivity index (χ3v) is 3.29. The van der Waals surface area contributed by atoms with Gasteiger partial charge in [-0.05, 0) is 25.1 Å². The van der Waals surface area contributed by atoms with E-state index in [4.69, 9.17) is 9.47 Å². The van der Waals surface area contributed by atoms with Crippen LogP contribution in [0.2, 0.25) is 0 Å². The Balaban J connectivity index is 2.10. The van der Waals surface area contributed by atoms with Crippen LogP contribution in [0.1, 0.15) is 16.8 Å². The number of hydrogen-bond acceptors (Lipinski definition) is 4. The summed E-state index contributed by atoms with van der Waals surface area (Å²) in [5, 5.41) is 6.16. The SMILES string of the molecule is COc1cccc(OC)c1C(=O)NCC1=CCNCC1. The Kier molecular flexibility index (Phi) is 5.01. The number of nitrogens with one attached hydrogen (secondary N) is 2. The second-order valence-corrected chi connectivity index (χ2v) is 4.54. The molecule has 0 spiro atoms. The molecule has 1 aliphatic rings. The molecule has 2 N–H and O–H groups in total. The van der Waals surface area contributed by atoms with E-state index in [1.165, 1.54) is 5.57 Å². The van der Waals surface area contributed by atoms with E-state index in [-0.39, 0.29) is 5.91 Å². The van der Waals surface area contributed by atoms with Crippen molar-refractivity contribution < 1.29 is 14.3 Å². The first-order valence-corrected chi connectivity index (χ1v) is 6.64. The summed E-state index contributed by atoms with van der Waals surface area (Å²) in [7, 11) is 3.09. The average Bonchev–Trinajstić information content (AvgIpc) is 2.52. The standard InChI is InChI=1S/C15H20N2O3/c1-19-12-4-3-5-13(20-2)14(12)15(18)17-10-11-6-8-16-9-7-11/h3-6,16H,7-10H2,1-2H3,(H,17,18). The van der Waals surface area contributed by atoms with Gasteiger partial charge in [-0.2, -0.15) is 0 Å². The highest BCUT2D eigenvalue weighted by molar-refractivity contribution is 5.99. The van der Waals surface area contributed by atoms with Crippen LogP contribution >= 0.6 is 0 Å². The molecule has 5 heteroatoms. The smallest absolute Gasteiger partial charge is 0.259 e. The molecule has 0 atom stereocenters. The minimum absolute atomic E-state index is 0.182. The molecule has 5 nitrogen and oxygen atoms in total. The van der Waals surface area contributed by atoms with Crippen molar-refractivity contribution in [1.29, 1.82) is 0 Å². The summed E-state index contributed by atoms with van der Waals surface area (Å²) in [4.78, 5) is 12.3. The molecule has 0 bridgehead atoms. The summed E-state index contributed by atoms with van der Waals surface area (Å²) in [6, 6.07) is 5.30. The maximum atomic E-state index is 12.3. The number of ether oxygens (including phenoxy) is 2. The van der Waals surface area contributed by atoms with Gasteiger partial charge in [0.05, 0.1) is 14.2 Å². The Morgan fingerprint density at radius 2 is 2.00 bits per heavy atom. The molecule has 0 saturated heterocycles. The van der Waals surface area contributed by atoms with Gasteiger partial charge in [-0.25, -0.2) is 0 Å². The molecule has 0 unspecified atom stereocenters. The molecule has 108 valence electrons. The van der Waals surface area contributed by atoms with E-state index in [0.717, 1.165) is 19.5 Å². The minimum atomic E-state index is -0.182. The molecule has 0 fully saturated rings. The van der Waals surface area contributed by atoms with Crippen LogP contribution in [-0.4, -0.2) is 39.8 Å². The number of rotatable bonds is 5. The van der Waals surface area contributed by atoms with Gasteiger partial charge >= 0.3 is 0 Å². The Hall–Kier alpha value is -2.01. The van der Waals surface area contributed by atoms with Crippen molar-refractivity contribution in [2.45, 2.75) is 6.42 Å². The van der Waals surface area contributed by atoms with Gasteiger partial charge in [-0.3, -0.25) is 4.79 Å². The first-order valence-electron chi connectivity index (χ1n) is 6.64. The molecule has 1 aromatic rings. The fourth-order valence-electron chi connectivity index (χ4n) is 2.19. The normalized spacial score (nSPS) is 14.4. The summed E-state index contributed by atoms with van der Waals surface area (Å²) in [5.41, 5.74) is 1.68. The van der Waals surface area contributed by atoms with Crippen molar-refractivity contribution in [3.05, 3.63) is 35.4 Å². The molecule has 0 radical (unpaired) electrons. The molecular weight excluding hydrogens is 256 g/mol. The highest BCUT2D eigenvalue weighted by Gasteiger charge is 2.18. The van der Waals surface area contributed by atoms with Crippen molar-refractivity contribution in [2.75, 3.05) is 33.9 Å². The third-order valence-electron chi connectivity index (χ3n) is 3.29. The van der Waals surface area contributed by atoms with Crippen LogP contribution in [0.4, 0.5) is 0 Å². The maximum Gasteiger partial charge on any atom is 0.259 e. The molecule has 0 saturated carbocycles. The first-order chi connectivity index (χ1) is 9.76. The fraction of sp³-hybridized carbons (Fsp3) is 0.400. The van der Waals surface area contributed by atoms with Crippen molar-refractivity contribution >= 4 is 5.91 Å². The predicted octanol–water partition coefficient (Wildman–Crippen LogP) is 1.35. The quantitative estimate of drug-likeness (QED) is 0.797. The van der Waals surface area contributed by atoms with Gasteiger partial charge in [0.2, 0.25) is 0 Å². The molecule has 1 aromatic carbocycles. The summed E-state index contributed by atoms with van der Waals surface area (Å²) in [6.45, 7) is 2.38. The van der Waals surface area contributed by atoms with Crippen LogP contribution in [-0.2, 0) is 0 Å². The van der Waals surface area contributed by atoms with Gasteiger partial charge in [0.1, 0.15) is 17.1 Å². The lowest BCUT2D eigenvalue weighted by atomic mass is 10.1. The second-order valence-electron chi connectivity index (χ2n) is 4.54. The summed E-state index contributed by atoms with van der Waals surface area (Å²) >= 11 is 0. The van der Waals surface area contributed by atoms with Gasteiger partial charge in [-0.15, -0.1) is 0 Å². The van der Waals surface area contributed by atoms with E-state index in [0.29, 0.717) is 23.6 Å². The van der Waals surface area contributed by atoms with Crippen LogP contribution in [0.3, 0.4) is 0 Å². The van der Waals surface area contributed by atoms with Gasteiger partial charge in [0.25, 0.3) is 5.91 Å². The van der Waals surface area contributed by atoms with Crippen molar-refractivity contribution in [3.63, 3.8) is 0 Å². The lowest BCUT2D eigenvalue weighted by Gasteiger charge is -2.16. The van der Waals surface area contributed by atoms with Gasteiger partial charge in [-0.1, -0.05) is 17.7 Å². The van der Waals surface area contributed by atoms with Gasteiger partial charge in [0, 0.05) is 13.1 Å². The first kappa shape index (κ1) is 14.4. The van der Waals surface area contributed by atoms with Crippen LogP contribution in [0, 0.1) is 0 Å². The Morgan fingerprint density at radius 1 is 1.30 bits per heavy atom. The largest absolute Gasteiger partial charge is 0.496 e. The molecule has 0 aromatic heterocycles. The summed E-state index contributed by atoms with van der Waals surface area (Å²) < 4.78 is 10.5. The lowest BCUT2D eigenvalue weighted by Crippen LogP contribution is -2.30. The molecule has 2 rings (SSSR count). The van der Waals surface area contributed by atoms with Gasteiger partial charge < -0.3 is 20.1 Å². The zero-order chi connectivity index (χ0) is 14.4. The minimum Gasteiger partial charge on any atom is -0.496 e. The van der Waals surface area contributed by atoms with Crippen LogP contribution < -0.4 is 20.1 Å². The second kappa shape index (κ2) is 6.96. The highest BCUT2D eigenvalue weighted by atomic mass is 16.5. The number of methoxy groups -OCH3 is 2. The Labute approximate surface area is 119 Å². The molecular formula is C15H20N2O3. The van der Waals surface area contributed by atoms with E-state index in [2.05, 4.69) is 16.7 Å². The monoisotopic (exact) mass is 276 g/mol. The van der Waals surface area contributed by atoms with Crippen molar-refractivity contribution in [1.82, 2.24) is 10.6 Å². The zero-order valence-electron chi connectivity index (χ0n) is 11.9. The molecule has 1 amide bonds. The van der Waals surface area contributed by atoms with Crippen molar-refractivity contribution in [2.24, 2.45) is 0 Å². The zero-order valence-corrected chi connectivity index (χ0v) is 11.9. The number of benzene rings is 1. The number of carbonyl (C=O) groups excluding carboxylic acids is 1. The number of amides is 1. The lowest BCUT2D eigenvalue weighted by molar-refractivity contribution is 0.0950. The highest BCUT2D eigenvalue weighted by Crippen LogP contribution is 2.27. The van der Waals surface area contributed by atoms with Crippen LogP contribution in [0.5, 0.6) is 11.5 Å². The van der Waals surface area contributed by atoms with E-state index >= 15 is 0 Å². The fourth-order valence-corrected chi connectivity index (χ4v) is 2.19. The van der Waals surface area contributed by atoms with E-state index in [9.17, 15) is 4.79 Å². The van der Waals surface area contributed by atoms with E-state index in [1.54, 1.807) is 32.4 Å². The summed E-state index contributed by atoms with van der Waals surface area (Å²) in [6.07, 6.45) is 3.08. The average molecular weight is 276 g/mol. The van der Waals surface area contributed by atoms with E-state index < -0.39 is 0 Å². The molecule has 1 heterocycles. The topological polar surface area (TPSA) is 59.6 Å². The van der Waals surface area contributed by atoms with Crippen LogP contribution in [0.15, 0.2) is 29.8 Å². The molecule has 0 aliphatic carbocycles. The maximum absolute atomic E-state index is 12.3. The molecule has 1 aliphatic heterocycles. The third kappa shape index (κ3) is 3.30. The Morgan fingerprint density at radius 3 is 2.55 bits per heavy atom. The Bertz CT molecular complexity index is 490. The number of hydrogen-bond donors (Lipinski definition) is 2.